The topological polar surface area (TPSA) is 77.0 Å². The van der Waals surface area contributed by atoms with E-state index in [0.29, 0.717) is 22.8 Å². The van der Waals surface area contributed by atoms with Gasteiger partial charge < -0.3 is 10.7 Å². The first-order chi connectivity index (χ1) is 13.3. The summed E-state index contributed by atoms with van der Waals surface area (Å²) in [5, 5.41) is 9.00. The van der Waals surface area contributed by atoms with E-state index in [9.17, 15) is 4.79 Å². The van der Waals surface area contributed by atoms with Gasteiger partial charge in [0.25, 0.3) is 0 Å². The van der Waals surface area contributed by atoms with Gasteiger partial charge in [-0.1, -0.05) is 63.7 Å². The normalized spacial score (nSPS) is 17.7. The number of benzene rings is 1. The number of aromatic nitrogens is 3. The number of thioether (sulfide) groups is 1. The van der Waals surface area contributed by atoms with Gasteiger partial charge in [-0.05, 0) is 36.7 Å². The van der Waals surface area contributed by atoms with Crippen molar-refractivity contribution in [1.29, 1.82) is 0 Å². The number of amides is 1. The molecule has 1 aliphatic heterocycles. The summed E-state index contributed by atoms with van der Waals surface area (Å²) in [5.74, 6) is 7.34. The maximum absolute atomic E-state index is 12.7. The molecule has 0 spiro atoms. The zero-order valence-electron chi connectivity index (χ0n) is 17.3. The van der Waals surface area contributed by atoms with E-state index in [1.165, 1.54) is 28.4 Å². The number of carbonyl (C=O) groups excluding carboxylic acids is 1. The van der Waals surface area contributed by atoms with Crippen molar-refractivity contribution in [1.82, 2.24) is 19.8 Å². The second-order valence-corrected chi connectivity index (χ2v) is 9.38. The molecule has 1 atom stereocenters. The maximum Gasteiger partial charge on any atom is 0.233 e. The van der Waals surface area contributed by atoms with Crippen LogP contribution in [-0.4, -0.2) is 44.0 Å². The van der Waals surface area contributed by atoms with Crippen molar-refractivity contribution in [2.75, 3.05) is 18.1 Å². The minimum atomic E-state index is 0.0983. The largest absolute Gasteiger partial charge is 0.339 e. The van der Waals surface area contributed by atoms with Crippen LogP contribution in [0, 0.1) is 0 Å². The van der Waals surface area contributed by atoms with Gasteiger partial charge in [-0.25, -0.2) is 4.68 Å². The number of piperidine rings is 1. The Morgan fingerprint density at radius 3 is 2.57 bits per heavy atom. The van der Waals surface area contributed by atoms with E-state index < -0.39 is 0 Å². The Bertz CT molecular complexity index is 809. The number of nitrogens with zero attached hydrogens (tertiary/aromatic N) is 4. The number of hydrogen-bond donors (Lipinski definition) is 1. The van der Waals surface area contributed by atoms with Crippen LogP contribution < -0.4 is 5.84 Å². The Kier molecular flexibility index (Phi) is 6.33. The number of rotatable bonds is 5. The van der Waals surface area contributed by atoms with Crippen LogP contribution in [0.5, 0.6) is 0 Å². The van der Waals surface area contributed by atoms with Gasteiger partial charge in [0, 0.05) is 18.2 Å². The first-order valence-electron chi connectivity index (χ1n) is 10.0. The Hall–Kier alpha value is -2.02. The lowest BCUT2D eigenvalue weighted by Gasteiger charge is -2.35. The highest BCUT2D eigenvalue weighted by atomic mass is 32.2. The zero-order valence-corrected chi connectivity index (χ0v) is 18.1. The third-order valence-corrected chi connectivity index (χ3v) is 6.34. The van der Waals surface area contributed by atoms with Gasteiger partial charge in [0.1, 0.15) is 0 Å². The first-order valence-corrected chi connectivity index (χ1v) is 11.0. The molecule has 152 valence electrons. The van der Waals surface area contributed by atoms with E-state index in [1.807, 2.05) is 17.0 Å². The molecule has 0 saturated carbocycles. The number of nitrogen functional groups attached to an aromatic ring is 1. The molecule has 1 saturated heterocycles. The lowest BCUT2D eigenvalue weighted by atomic mass is 9.87. The molecule has 1 aromatic heterocycles. The summed E-state index contributed by atoms with van der Waals surface area (Å²) in [6.45, 7) is 9.57. The second-order valence-electron chi connectivity index (χ2n) is 8.44. The van der Waals surface area contributed by atoms with Crippen molar-refractivity contribution in [3.8, 4) is 11.4 Å². The highest BCUT2D eigenvalue weighted by Crippen LogP contribution is 2.27. The van der Waals surface area contributed by atoms with Crippen molar-refractivity contribution in [3.05, 3.63) is 29.8 Å². The molecule has 2 aromatic rings. The van der Waals surface area contributed by atoms with Crippen LogP contribution in [0.2, 0.25) is 0 Å². The number of carbonyl (C=O) groups is 1. The molecule has 7 heteroatoms. The molecule has 3 rings (SSSR count). The lowest BCUT2D eigenvalue weighted by molar-refractivity contribution is -0.132. The smallest absolute Gasteiger partial charge is 0.233 e. The van der Waals surface area contributed by atoms with Crippen molar-refractivity contribution in [2.24, 2.45) is 0 Å². The average Bonchev–Trinajstić information content (AvgIpc) is 3.06. The van der Waals surface area contributed by atoms with Crippen LogP contribution in [-0.2, 0) is 10.2 Å². The lowest BCUT2D eigenvalue weighted by Crippen LogP contribution is -2.44. The molecule has 0 radical (unpaired) electrons. The van der Waals surface area contributed by atoms with Crippen LogP contribution in [0.15, 0.2) is 29.4 Å². The first kappa shape index (κ1) is 20.7. The quantitative estimate of drug-likeness (QED) is 0.608. The van der Waals surface area contributed by atoms with Crippen LogP contribution in [0.1, 0.15) is 58.9 Å². The molecular weight excluding hydrogens is 370 g/mol. The maximum atomic E-state index is 12.7. The Balaban J connectivity index is 1.67. The molecule has 1 aromatic carbocycles. The second kappa shape index (κ2) is 8.55. The highest BCUT2D eigenvalue weighted by molar-refractivity contribution is 7.99. The highest BCUT2D eigenvalue weighted by Gasteiger charge is 2.25. The van der Waals surface area contributed by atoms with E-state index in [2.05, 4.69) is 50.0 Å². The van der Waals surface area contributed by atoms with Gasteiger partial charge in [0.15, 0.2) is 5.82 Å². The third-order valence-electron chi connectivity index (χ3n) is 5.42. The fourth-order valence-corrected chi connectivity index (χ4v) is 4.40. The number of nitrogens with two attached hydrogens (primary N) is 1. The summed E-state index contributed by atoms with van der Waals surface area (Å²) < 4.78 is 1.48. The monoisotopic (exact) mass is 401 g/mol. The predicted octanol–water partition coefficient (Wildman–Crippen LogP) is 3.84. The summed E-state index contributed by atoms with van der Waals surface area (Å²) in [7, 11) is 0. The Morgan fingerprint density at radius 2 is 1.93 bits per heavy atom. The Morgan fingerprint density at radius 1 is 1.21 bits per heavy atom. The van der Waals surface area contributed by atoms with Gasteiger partial charge in [0.05, 0.1) is 5.75 Å². The van der Waals surface area contributed by atoms with Gasteiger partial charge >= 0.3 is 0 Å². The zero-order chi connectivity index (χ0) is 20.3. The molecule has 2 N–H and O–H groups in total. The summed E-state index contributed by atoms with van der Waals surface area (Å²) in [6, 6.07) is 8.61. The molecule has 1 aliphatic rings. The molecule has 0 aliphatic carbocycles. The van der Waals surface area contributed by atoms with Crippen LogP contribution in [0.4, 0.5) is 0 Å². The fraction of sp³-hybridized carbons (Fsp3) is 0.571. The van der Waals surface area contributed by atoms with Crippen LogP contribution in [0.3, 0.4) is 0 Å². The number of hydrogen-bond acceptors (Lipinski definition) is 5. The van der Waals surface area contributed by atoms with Crippen molar-refractivity contribution in [3.63, 3.8) is 0 Å². The summed E-state index contributed by atoms with van der Waals surface area (Å²) in [4.78, 5) is 14.7. The van der Waals surface area contributed by atoms with Gasteiger partial charge in [-0.3, -0.25) is 4.79 Å². The van der Waals surface area contributed by atoms with Gasteiger partial charge in [-0.2, -0.15) is 0 Å². The fourth-order valence-electron chi connectivity index (χ4n) is 3.65. The summed E-state index contributed by atoms with van der Waals surface area (Å²) in [6.07, 6.45) is 4.42. The standard InChI is InChI=1S/C21H31N5OS/c1-5-17-8-6-7-13-25(17)18(27)14-28-20-24-23-19(26(20)22)15-9-11-16(12-10-15)21(2,3)4/h9-12,17H,5-8,13-14,22H2,1-4H3/t17-/m0/s1. The van der Waals surface area contributed by atoms with E-state index in [-0.39, 0.29) is 11.3 Å². The molecule has 2 heterocycles. The van der Waals surface area contributed by atoms with E-state index in [0.717, 1.165) is 31.4 Å². The number of likely N-dealkylation sites (tertiary alicyclic amines) is 1. The van der Waals surface area contributed by atoms with E-state index >= 15 is 0 Å². The molecule has 28 heavy (non-hydrogen) atoms. The predicted molar refractivity (Wildman–Crippen MR) is 115 cm³/mol. The average molecular weight is 402 g/mol. The van der Waals surface area contributed by atoms with E-state index in [1.54, 1.807) is 0 Å². The summed E-state index contributed by atoms with van der Waals surface area (Å²) >= 11 is 1.36. The Labute approximate surface area is 171 Å². The van der Waals surface area contributed by atoms with E-state index in [4.69, 9.17) is 5.84 Å². The molecule has 1 fully saturated rings. The minimum Gasteiger partial charge on any atom is -0.339 e. The minimum absolute atomic E-state index is 0.0983. The van der Waals surface area contributed by atoms with Crippen molar-refractivity contribution < 1.29 is 4.79 Å². The third kappa shape index (κ3) is 4.51. The van der Waals surface area contributed by atoms with Gasteiger partial charge in [-0.15, -0.1) is 10.2 Å². The van der Waals surface area contributed by atoms with Crippen LogP contribution >= 0.6 is 11.8 Å². The van der Waals surface area contributed by atoms with Crippen molar-refractivity contribution >= 4 is 17.7 Å². The molecule has 0 bridgehead atoms. The molecular formula is C21H31N5OS. The summed E-state index contributed by atoms with van der Waals surface area (Å²) in [5.41, 5.74) is 2.27. The van der Waals surface area contributed by atoms with Crippen LogP contribution in [0.25, 0.3) is 11.4 Å². The molecule has 1 amide bonds. The molecule has 6 nitrogen and oxygen atoms in total. The molecule has 0 unspecified atom stereocenters. The SMILES string of the molecule is CC[C@H]1CCCCN1C(=O)CSc1nnc(-c2ccc(C(C)(C)C)cc2)n1N. The van der Waals surface area contributed by atoms with Crippen molar-refractivity contribution in [2.45, 2.75) is 70.0 Å². The van der Waals surface area contributed by atoms with Gasteiger partial charge in [0.2, 0.25) is 11.1 Å².